The van der Waals surface area contributed by atoms with E-state index in [9.17, 15) is 9.59 Å². The average Bonchev–Trinajstić information content (AvgIpc) is 2.89. The van der Waals surface area contributed by atoms with Crippen LogP contribution in [0.5, 0.6) is 0 Å². The van der Waals surface area contributed by atoms with Crippen molar-refractivity contribution in [2.24, 2.45) is 0 Å². The molecule has 1 aromatic carbocycles. The van der Waals surface area contributed by atoms with E-state index in [0.717, 1.165) is 24.1 Å². The second-order valence-corrected chi connectivity index (χ2v) is 5.73. The standard InChI is InChI=1S/C19H24N2O2/c1-4-16-17(14(3)22)13(2)21-18(16)19(23)20-12-8-11-15-9-6-5-7-10-15/h5-7,9-10,21H,4,8,11-12H2,1-3H3,(H,20,23). The normalized spacial score (nSPS) is 10.6. The Kier molecular flexibility index (Phi) is 5.74. The van der Waals surface area contributed by atoms with Gasteiger partial charge in [0, 0.05) is 17.8 Å². The second-order valence-electron chi connectivity index (χ2n) is 5.73. The number of hydrogen-bond donors (Lipinski definition) is 2. The predicted octanol–water partition coefficient (Wildman–Crippen LogP) is 3.45. The van der Waals surface area contributed by atoms with E-state index < -0.39 is 0 Å². The molecule has 1 heterocycles. The molecule has 0 fully saturated rings. The van der Waals surface area contributed by atoms with Crippen molar-refractivity contribution in [3.63, 3.8) is 0 Å². The SMILES string of the molecule is CCc1c(C(=O)NCCCc2ccccc2)[nH]c(C)c1C(C)=O. The van der Waals surface area contributed by atoms with Crippen LogP contribution in [0.25, 0.3) is 0 Å². The van der Waals surface area contributed by atoms with Crippen LogP contribution < -0.4 is 5.32 Å². The van der Waals surface area contributed by atoms with E-state index in [4.69, 9.17) is 0 Å². The summed E-state index contributed by atoms with van der Waals surface area (Å²) in [4.78, 5) is 27.2. The molecule has 2 rings (SSSR count). The van der Waals surface area contributed by atoms with E-state index in [1.165, 1.54) is 12.5 Å². The fraction of sp³-hybridized carbons (Fsp3) is 0.368. The number of carbonyl (C=O) groups is 2. The van der Waals surface area contributed by atoms with Gasteiger partial charge in [-0.25, -0.2) is 0 Å². The van der Waals surface area contributed by atoms with Crippen molar-refractivity contribution in [1.82, 2.24) is 10.3 Å². The average molecular weight is 312 g/mol. The number of aryl methyl sites for hydroxylation is 2. The summed E-state index contributed by atoms with van der Waals surface area (Å²) in [7, 11) is 0. The molecule has 0 unspecified atom stereocenters. The minimum Gasteiger partial charge on any atom is -0.354 e. The molecule has 1 aromatic heterocycles. The molecule has 23 heavy (non-hydrogen) atoms. The highest BCUT2D eigenvalue weighted by Crippen LogP contribution is 2.20. The first kappa shape index (κ1) is 17.0. The van der Waals surface area contributed by atoms with E-state index in [-0.39, 0.29) is 11.7 Å². The molecule has 2 N–H and O–H groups in total. The molecule has 122 valence electrons. The van der Waals surface area contributed by atoms with E-state index in [2.05, 4.69) is 22.4 Å². The lowest BCUT2D eigenvalue weighted by atomic mass is 10.0. The van der Waals surface area contributed by atoms with Crippen LogP contribution in [0.3, 0.4) is 0 Å². The van der Waals surface area contributed by atoms with E-state index >= 15 is 0 Å². The molecule has 4 heteroatoms. The summed E-state index contributed by atoms with van der Waals surface area (Å²) in [6.45, 7) is 5.95. The number of Topliss-reactive ketones (excluding diaryl/α,β-unsaturated/α-hetero) is 1. The van der Waals surface area contributed by atoms with Gasteiger partial charge in [-0.15, -0.1) is 0 Å². The predicted molar refractivity (Wildman–Crippen MR) is 92.0 cm³/mol. The summed E-state index contributed by atoms with van der Waals surface area (Å²) >= 11 is 0. The minimum atomic E-state index is -0.134. The van der Waals surface area contributed by atoms with Crippen molar-refractivity contribution in [3.05, 3.63) is 58.4 Å². The summed E-state index contributed by atoms with van der Waals surface area (Å²) in [5.74, 6) is -0.135. The summed E-state index contributed by atoms with van der Waals surface area (Å²) in [6, 6.07) is 10.2. The Balaban J connectivity index is 1.96. The summed E-state index contributed by atoms with van der Waals surface area (Å²) in [6.07, 6.45) is 2.48. The third-order valence-electron chi connectivity index (χ3n) is 3.99. The second kappa shape index (κ2) is 7.77. The Hall–Kier alpha value is -2.36. The van der Waals surface area contributed by atoms with Gasteiger partial charge in [-0.3, -0.25) is 9.59 Å². The number of nitrogens with one attached hydrogen (secondary N) is 2. The number of H-pyrrole nitrogens is 1. The highest BCUT2D eigenvalue weighted by molar-refractivity contribution is 6.02. The molecule has 0 bridgehead atoms. The molecule has 0 radical (unpaired) electrons. The lowest BCUT2D eigenvalue weighted by Gasteiger charge is -2.06. The zero-order valence-electron chi connectivity index (χ0n) is 14.0. The first-order chi connectivity index (χ1) is 11.0. The molecule has 0 spiro atoms. The lowest BCUT2D eigenvalue weighted by Crippen LogP contribution is -2.26. The Bertz CT molecular complexity index is 687. The highest BCUT2D eigenvalue weighted by Gasteiger charge is 2.21. The number of ketones is 1. The van der Waals surface area contributed by atoms with Gasteiger partial charge in [-0.1, -0.05) is 37.3 Å². The van der Waals surface area contributed by atoms with Crippen molar-refractivity contribution in [1.29, 1.82) is 0 Å². The van der Waals surface area contributed by atoms with Gasteiger partial charge in [0.2, 0.25) is 0 Å². The van der Waals surface area contributed by atoms with Crippen molar-refractivity contribution >= 4 is 11.7 Å². The Morgan fingerprint density at radius 1 is 1.17 bits per heavy atom. The van der Waals surface area contributed by atoms with E-state index in [0.29, 0.717) is 24.2 Å². The minimum absolute atomic E-state index is 0.00118. The molecule has 0 aliphatic carbocycles. The van der Waals surface area contributed by atoms with Crippen molar-refractivity contribution in [2.75, 3.05) is 6.54 Å². The molecule has 1 amide bonds. The van der Waals surface area contributed by atoms with Crippen LogP contribution in [-0.2, 0) is 12.8 Å². The summed E-state index contributed by atoms with van der Waals surface area (Å²) < 4.78 is 0. The van der Waals surface area contributed by atoms with Gasteiger partial charge in [0.15, 0.2) is 5.78 Å². The monoisotopic (exact) mass is 312 g/mol. The van der Waals surface area contributed by atoms with Crippen LogP contribution in [0.4, 0.5) is 0 Å². The number of amides is 1. The molecule has 0 saturated carbocycles. The number of aromatic amines is 1. The number of benzene rings is 1. The van der Waals surface area contributed by atoms with Crippen LogP contribution in [0.15, 0.2) is 30.3 Å². The maximum Gasteiger partial charge on any atom is 0.268 e. The number of carbonyl (C=O) groups excluding carboxylic acids is 2. The molecule has 0 aliphatic heterocycles. The van der Waals surface area contributed by atoms with Crippen LogP contribution in [-0.4, -0.2) is 23.2 Å². The fourth-order valence-electron chi connectivity index (χ4n) is 2.93. The van der Waals surface area contributed by atoms with Crippen LogP contribution >= 0.6 is 0 Å². The number of hydrogen-bond acceptors (Lipinski definition) is 2. The fourth-order valence-corrected chi connectivity index (χ4v) is 2.93. The Labute approximate surface area is 137 Å². The van der Waals surface area contributed by atoms with E-state index in [1.54, 1.807) is 0 Å². The van der Waals surface area contributed by atoms with Gasteiger partial charge in [-0.2, -0.15) is 0 Å². The lowest BCUT2D eigenvalue weighted by molar-refractivity contribution is 0.0947. The van der Waals surface area contributed by atoms with Crippen molar-refractivity contribution < 1.29 is 9.59 Å². The quantitative estimate of drug-likeness (QED) is 0.607. The zero-order chi connectivity index (χ0) is 16.8. The third-order valence-corrected chi connectivity index (χ3v) is 3.99. The van der Waals surface area contributed by atoms with Crippen molar-refractivity contribution in [2.45, 2.75) is 40.0 Å². The maximum atomic E-state index is 12.4. The third kappa shape index (κ3) is 4.09. The van der Waals surface area contributed by atoms with Crippen LogP contribution in [0, 0.1) is 6.92 Å². The number of rotatable bonds is 7. The molecule has 0 saturated heterocycles. The van der Waals surface area contributed by atoms with Gasteiger partial charge < -0.3 is 10.3 Å². The van der Waals surface area contributed by atoms with Gasteiger partial charge in [0.25, 0.3) is 5.91 Å². The Morgan fingerprint density at radius 3 is 2.48 bits per heavy atom. The summed E-state index contributed by atoms with van der Waals surface area (Å²) in [5, 5.41) is 2.94. The molecular weight excluding hydrogens is 288 g/mol. The van der Waals surface area contributed by atoms with Gasteiger partial charge >= 0.3 is 0 Å². The molecular formula is C19H24N2O2. The van der Waals surface area contributed by atoms with Crippen LogP contribution in [0.1, 0.15) is 57.9 Å². The number of aromatic nitrogens is 1. The topological polar surface area (TPSA) is 62.0 Å². The summed E-state index contributed by atoms with van der Waals surface area (Å²) in [5.41, 5.74) is 4.03. The molecule has 0 atom stereocenters. The Morgan fingerprint density at radius 2 is 1.87 bits per heavy atom. The largest absolute Gasteiger partial charge is 0.354 e. The first-order valence-corrected chi connectivity index (χ1v) is 8.09. The van der Waals surface area contributed by atoms with Gasteiger partial charge in [0.05, 0.1) is 0 Å². The van der Waals surface area contributed by atoms with Gasteiger partial charge in [-0.05, 0) is 44.2 Å². The zero-order valence-corrected chi connectivity index (χ0v) is 14.0. The van der Waals surface area contributed by atoms with Crippen LogP contribution in [0.2, 0.25) is 0 Å². The van der Waals surface area contributed by atoms with E-state index in [1.807, 2.05) is 32.0 Å². The van der Waals surface area contributed by atoms with Gasteiger partial charge in [0.1, 0.15) is 5.69 Å². The molecule has 4 nitrogen and oxygen atoms in total. The molecule has 0 aliphatic rings. The smallest absolute Gasteiger partial charge is 0.268 e. The highest BCUT2D eigenvalue weighted by atomic mass is 16.2. The maximum absolute atomic E-state index is 12.4. The first-order valence-electron chi connectivity index (χ1n) is 8.09. The molecule has 2 aromatic rings. The van der Waals surface area contributed by atoms with Crippen molar-refractivity contribution in [3.8, 4) is 0 Å².